The van der Waals surface area contributed by atoms with E-state index in [1.807, 2.05) is 24.3 Å². The maximum absolute atomic E-state index is 5.95. The van der Waals surface area contributed by atoms with Gasteiger partial charge in [0.2, 0.25) is 0 Å². The monoisotopic (exact) mass is 459 g/mol. The minimum absolute atomic E-state index is 0. The van der Waals surface area contributed by atoms with Crippen LogP contribution in [0.2, 0.25) is 0 Å². The van der Waals surface area contributed by atoms with Crippen molar-refractivity contribution in [2.24, 2.45) is 0 Å². The van der Waals surface area contributed by atoms with E-state index in [0.717, 1.165) is 81.4 Å². The van der Waals surface area contributed by atoms with Crippen LogP contribution in [0.4, 0.5) is 0 Å². The van der Waals surface area contributed by atoms with Gasteiger partial charge < -0.3 is 18.7 Å². The summed E-state index contributed by atoms with van der Waals surface area (Å²) in [6.45, 7) is 9.68. The first-order valence-corrected chi connectivity index (χ1v) is 10.1. The average molecular weight is 459 g/mol. The summed E-state index contributed by atoms with van der Waals surface area (Å²) in [5.74, 6) is 1.82. The molecule has 0 saturated carbocycles. The van der Waals surface area contributed by atoms with Gasteiger partial charge in [-0.05, 0) is 30.7 Å². The standard InChI is InChI=1S/C23H32NO3.Y/c1-2-16-26-22-9-11-23(12-10-22)27-17-6-13-24(14-18-25-19-15-24)20-21-7-4-3-5-8-21;/h3-5,7-12H,2,6,13-20H2,1H3;/q+1;. The second-order valence-corrected chi connectivity index (χ2v) is 7.29. The van der Waals surface area contributed by atoms with E-state index in [1.165, 1.54) is 5.56 Å². The molecule has 2 aromatic carbocycles. The van der Waals surface area contributed by atoms with Crippen LogP contribution in [0.1, 0.15) is 25.3 Å². The fraction of sp³-hybridized carbons (Fsp3) is 0.478. The Balaban J connectivity index is 0.00000280. The van der Waals surface area contributed by atoms with Gasteiger partial charge in [0.25, 0.3) is 0 Å². The van der Waals surface area contributed by atoms with Crippen LogP contribution < -0.4 is 9.47 Å². The normalized spacial score (nSPS) is 15.5. The second kappa shape index (κ2) is 12.6. The molecule has 0 aliphatic carbocycles. The number of ether oxygens (including phenoxy) is 3. The van der Waals surface area contributed by atoms with Crippen LogP contribution in [0.25, 0.3) is 0 Å². The number of hydrogen-bond acceptors (Lipinski definition) is 3. The molecule has 1 aliphatic rings. The molecule has 0 amide bonds. The number of nitrogens with zero attached hydrogens (tertiary/aromatic N) is 1. The third-order valence-electron chi connectivity index (χ3n) is 5.12. The molecule has 5 heteroatoms. The van der Waals surface area contributed by atoms with Crippen LogP contribution in [0.3, 0.4) is 0 Å². The Morgan fingerprint density at radius 1 is 0.857 bits per heavy atom. The van der Waals surface area contributed by atoms with Gasteiger partial charge in [-0.25, -0.2) is 0 Å². The van der Waals surface area contributed by atoms with E-state index < -0.39 is 0 Å². The molecule has 0 unspecified atom stereocenters. The molecule has 0 spiro atoms. The van der Waals surface area contributed by atoms with Gasteiger partial charge in [-0.3, -0.25) is 0 Å². The zero-order chi connectivity index (χ0) is 18.8. The molecule has 1 aliphatic heterocycles. The van der Waals surface area contributed by atoms with Crippen LogP contribution in [0.15, 0.2) is 54.6 Å². The van der Waals surface area contributed by atoms with Gasteiger partial charge in [-0.15, -0.1) is 0 Å². The van der Waals surface area contributed by atoms with Gasteiger partial charge in [-0.2, -0.15) is 0 Å². The third kappa shape index (κ3) is 7.48. The summed E-state index contributed by atoms with van der Waals surface area (Å²) in [7, 11) is 0. The number of hydrogen-bond donors (Lipinski definition) is 0. The molecule has 4 nitrogen and oxygen atoms in total. The predicted octanol–water partition coefficient (Wildman–Crippen LogP) is 4.29. The molecular formula is C23H32NO3Y+. The van der Waals surface area contributed by atoms with Gasteiger partial charge in [-0.1, -0.05) is 37.3 Å². The first-order chi connectivity index (χ1) is 13.3. The van der Waals surface area contributed by atoms with Crippen molar-refractivity contribution in [3.63, 3.8) is 0 Å². The molecule has 1 fully saturated rings. The molecular weight excluding hydrogens is 427 g/mol. The molecule has 1 heterocycles. The van der Waals surface area contributed by atoms with Crippen LogP contribution >= 0.6 is 0 Å². The van der Waals surface area contributed by atoms with Crippen LogP contribution in [-0.2, 0) is 44.0 Å². The smallest absolute Gasteiger partial charge is 0.119 e. The van der Waals surface area contributed by atoms with Crippen molar-refractivity contribution in [3.8, 4) is 11.5 Å². The number of quaternary nitrogens is 1. The Bertz CT molecular complexity index is 657. The number of benzene rings is 2. The van der Waals surface area contributed by atoms with E-state index in [2.05, 4.69) is 37.3 Å². The van der Waals surface area contributed by atoms with Crippen molar-refractivity contribution in [1.29, 1.82) is 0 Å². The molecule has 0 atom stereocenters. The van der Waals surface area contributed by atoms with E-state index in [1.54, 1.807) is 0 Å². The Kier molecular flexibility index (Phi) is 10.5. The Hall–Kier alpha value is -0.936. The average Bonchev–Trinajstić information content (AvgIpc) is 2.72. The second-order valence-electron chi connectivity index (χ2n) is 7.29. The summed E-state index contributed by atoms with van der Waals surface area (Å²) in [6, 6.07) is 18.8. The van der Waals surface area contributed by atoms with E-state index >= 15 is 0 Å². The fourth-order valence-electron chi connectivity index (χ4n) is 3.60. The predicted molar refractivity (Wildman–Crippen MR) is 108 cm³/mol. The van der Waals surface area contributed by atoms with Gasteiger partial charge >= 0.3 is 0 Å². The summed E-state index contributed by atoms with van der Waals surface area (Å²) in [5.41, 5.74) is 1.41. The van der Waals surface area contributed by atoms with Crippen molar-refractivity contribution in [2.45, 2.75) is 26.3 Å². The van der Waals surface area contributed by atoms with Gasteiger partial charge in [0.05, 0.1) is 33.0 Å². The van der Waals surface area contributed by atoms with Gasteiger partial charge in [0.1, 0.15) is 31.1 Å². The Morgan fingerprint density at radius 3 is 2.07 bits per heavy atom. The van der Waals surface area contributed by atoms with E-state index in [4.69, 9.17) is 14.2 Å². The molecule has 28 heavy (non-hydrogen) atoms. The topological polar surface area (TPSA) is 27.7 Å². The first-order valence-electron chi connectivity index (χ1n) is 10.1. The Labute approximate surface area is 194 Å². The summed E-state index contributed by atoms with van der Waals surface area (Å²) in [5, 5.41) is 0. The molecule has 0 N–H and O–H groups in total. The summed E-state index contributed by atoms with van der Waals surface area (Å²) < 4.78 is 18.3. The van der Waals surface area contributed by atoms with Crippen molar-refractivity contribution in [1.82, 2.24) is 0 Å². The molecule has 1 radical (unpaired) electrons. The molecule has 1 saturated heterocycles. The first kappa shape index (κ1) is 23.3. The quantitative estimate of drug-likeness (QED) is 0.392. The summed E-state index contributed by atoms with van der Waals surface area (Å²) >= 11 is 0. The van der Waals surface area contributed by atoms with Crippen LogP contribution in [-0.4, -0.2) is 50.5 Å². The van der Waals surface area contributed by atoms with E-state index in [9.17, 15) is 0 Å². The third-order valence-corrected chi connectivity index (χ3v) is 5.12. The zero-order valence-corrected chi connectivity index (χ0v) is 19.9. The van der Waals surface area contributed by atoms with E-state index in [0.29, 0.717) is 0 Å². The SMILES string of the molecule is CCCOc1ccc(OCCC[N+]2(Cc3ccccc3)CCOCC2)cc1.[Y]. The van der Waals surface area contributed by atoms with Crippen LogP contribution in [0.5, 0.6) is 11.5 Å². The number of rotatable bonds is 10. The largest absolute Gasteiger partial charge is 0.494 e. The summed E-state index contributed by atoms with van der Waals surface area (Å²) in [4.78, 5) is 0. The van der Waals surface area contributed by atoms with Crippen molar-refractivity contribution < 1.29 is 51.4 Å². The number of morpholine rings is 1. The van der Waals surface area contributed by atoms with E-state index in [-0.39, 0.29) is 32.7 Å². The maximum atomic E-state index is 5.95. The maximum Gasteiger partial charge on any atom is 0.119 e. The van der Waals surface area contributed by atoms with Crippen LogP contribution in [0, 0.1) is 0 Å². The molecule has 0 bridgehead atoms. The molecule has 149 valence electrons. The molecule has 3 rings (SSSR count). The van der Waals surface area contributed by atoms with Crippen molar-refractivity contribution in [2.75, 3.05) is 46.1 Å². The fourth-order valence-corrected chi connectivity index (χ4v) is 3.60. The van der Waals surface area contributed by atoms with Crippen molar-refractivity contribution >= 4 is 0 Å². The molecule has 0 aromatic heterocycles. The Morgan fingerprint density at radius 2 is 1.46 bits per heavy atom. The zero-order valence-electron chi connectivity index (χ0n) is 17.0. The molecule has 2 aromatic rings. The summed E-state index contributed by atoms with van der Waals surface area (Å²) in [6.07, 6.45) is 2.06. The van der Waals surface area contributed by atoms with Gasteiger partial charge in [0.15, 0.2) is 0 Å². The minimum Gasteiger partial charge on any atom is -0.494 e. The van der Waals surface area contributed by atoms with Gasteiger partial charge in [0, 0.05) is 44.7 Å². The van der Waals surface area contributed by atoms with Crippen molar-refractivity contribution in [3.05, 3.63) is 60.2 Å². The minimum atomic E-state index is 0.